The minimum atomic E-state index is -0.417. The average Bonchev–Trinajstić information content (AvgIpc) is 2.95. The van der Waals surface area contributed by atoms with Gasteiger partial charge in [-0.25, -0.2) is 0 Å². The fourth-order valence-electron chi connectivity index (χ4n) is 4.01. The molecule has 5 rings (SSSR count). The zero-order valence-electron chi connectivity index (χ0n) is 17.3. The lowest BCUT2D eigenvalue weighted by Gasteiger charge is -2.32. The molecule has 0 unspecified atom stereocenters. The summed E-state index contributed by atoms with van der Waals surface area (Å²) in [7, 11) is -0.417. The lowest BCUT2D eigenvalue weighted by molar-refractivity contribution is 0.00578. The maximum Gasteiger partial charge on any atom is 0.496 e. The van der Waals surface area contributed by atoms with Gasteiger partial charge in [0.15, 0.2) is 0 Å². The monoisotopic (exact) mass is 381 g/mol. The van der Waals surface area contributed by atoms with E-state index in [0.29, 0.717) is 0 Å². The number of aromatic nitrogens is 1. The first-order chi connectivity index (χ1) is 13.9. The SMILES string of the molecule is CC1(C)OB(c2cncc(-c3cc4ccccc4c4ccccc34)c2)OC1(C)C. The van der Waals surface area contributed by atoms with Crippen LogP contribution in [0.25, 0.3) is 32.7 Å². The van der Waals surface area contributed by atoms with Gasteiger partial charge in [-0.3, -0.25) is 4.98 Å². The quantitative estimate of drug-likeness (QED) is 0.346. The highest BCUT2D eigenvalue weighted by atomic mass is 16.7. The molecule has 1 aliphatic rings. The first kappa shape index (κ1) is 18.4. The highest BCUT2D eigenvalue weighted by Gasteiger charge is 2.51. The molecule has 4 aromatic rings. The minimum Gasteiger partial charge on any atom is -0.399 e. The minimum absolute atomic E-state index is 0.372. The highest BCUT2D eigenvalue weighted by molar-refractivity contribution is 6.62. The summed E-state index contributed by atoms with van der Waals surface area (Å²) in [6, 6.07) is 21.5. The van der Waals surface area contributed by atoms with Gasteiger partial charge in [-0.05, 0) is 60.9 Å². The van der Waals surface area contributed by atoms with Crippen LogP contribution in [0.1, 0.15) is 27.7 Å². The molecule has 29 heavy (non-hydrogen) atoms. The van der Waals surface area contributed by atoms with Crippen LogP contribution in [-0.4, -0.2) is 23.3 Å². The van der Waals surface area contributed by atoms with Gasteiger partial charge in [0, 0.05) is 23.4 Å². The number of hydrogen-bond donors (Lipinski definition) is 0. The second-order valence-electron chi connectivity index (χ2n) is 8.79. The Morgan fingerprint density at radius 1 is 0.724 bits per heavy atom. The van der Waals surface area contributed by atoms with Crippen molar-refractivity contribution in [3.63, 3.8) is 0 Å². The van der Waals surface area contributed by atoms with E-state index in [0.717, 1.165) is 11.0 Å². The summed E-state index contributed by atoms with van der Waals surface area (Å²) >= 11 is 0. The number of hydrogen-bond acceptors (Lipinski definition) is 3. The van der Waals surface area contributed by atoms with Crippen LogP contribution in [0.4, 0.5) is 0 Å². The molecule has 0 atom stereocenters. The molecule has 144 valence electrons. The van der Waals surface area contributed by atoms with Gasteiger partial charge in [-0.15, -0.1) is 0 Å². The maximum absolute atomic E-state index is 6.24. The molecule has 1 saturated heterocycles. The van der Waals surface area contributed by atoms with E-state index in [4.69, 9.17) is 9.31 Å². The van der Waals surface area contributed by atoms with Gasteiger partial charge >= 0.3 is 7.12 Å². The van der Waals surface area contributed by atoms with Crippen LogP contribution < -0.4 is 5.46 Å². The molecule has 0 spiro atoms. The van der Waals surface area contributed by atoms with Gasteiger partial charge in [0.25, 0.3) is 0 Å². The summed E-state index contributed by atoms with van der Waals surface area (Å²) in [5, 5.41) is 4.96. The molecule has 2 heterocycles. The molecule has 4 heteroatoms. The average molecular weight is 381 g/mol. The number of rotatable bonds is 2. The third-order valence-electron chi connectivity index (χ3n) is 6.36. The van der Waals surface area contributed by atoms with E-state index < -0.39 is 7.12 Å². The van der Waals surface area contributed by atoms with E-state index in [1.54, 1.807) is 0 Å². The third kappa shape index (κ3) is 2.95. The van der Waals surface area contributed by atoms with E-state index in [1.165, 1.54) is 27.1 Å². The standard InChI is InChI=1S/C25H24BNO2/c1-24(2)25(3,4)29-26(28-24)19-13-18(15-27-16-19)23-14-17-9-5-6-10-20(17)21-11-7-8-12-22(21)23/h5-16H,1-4H3. The van der Waals surface area contributed by atoms with Gasteiger partial charge < -0.3 is 9.31 Å². The van der Waals surface area contributed by atoms with Crippen molar-refractivity contribution < 1.29 is 9.31 Å². The fourth-order valence-corrected chi connectivity index (χ4v) is 4.01. The lowest BCUT2D eigenvalue weighted by Crippen LogP contribution is -2.41. The number of nitrogens with zero attached hydrogens (tertiary/aromatic N) is 1. The molecule has 3 aromatic carbocycles. The molecule has 0 saturated carbocycles. The molecular formula is C25H24BNO2. The van der Waals surface area contributed by atoms with E-state index in [2.05, 4.69) is 93.3 Å². The lowest BCUT2D eigenvalue weighted by atomic mass is 9.79. The Hall–Kier alpha value is -2.69. The zero-order chi connectivity index (χ0) is 20.2. The smallest absolute Gasteiger partial charge is 0.399 e. The number of benzene rings is 3. The summed E-state index contributed by atoms with van der Waals surface area (Å²) in [5.74, 6) is 0. The van der Waals surface area contributed by atoms with Crippen LogP contribution in [0.2, 0.25) is 0 Å². The van der Waals surface area contributed by atoms with Gasteiger partial charge in [0.1, 0.15) is 0 Å². The van der Waals surface area contributed by atoms with Gasteiger partial charge in [-0.1, -0.05) is 54.6 Å². The van der Waals surface area contributed by atoms with Crippen LogP contribution >= 0.6 is 0 Å². The van der Waals surface area contributed by atoms with Crippen LogP contribution in [0.15, 0.2) is 73.1 Å². The van der Waals surface area contributed by atoms with E-state index in [-0.39, 0.29) is 11.2 Å². The normalized spacial score (nSPS) is 17.9. The highest BCUT2D eigenvalue weighted by Crippen LogP contribution is 2.37. The predicted molar refractivity (Wildman–Crippen MR) is 120 cm³/mol. The van der Waals surface area contributed by atoms with Gasteiger partial charge in [0.05, 0.1) is 11.2 Å². The van der Waals surface area contributed by atoms with Crippen molar-refractivity contribution in [1.82, 2.24) is 4.98 Å². The molecule has 0 bridgehead atoms. The Morgan fingerprint density at radius 3 is 2.07 bits per heavy atom. The second-order valence-corrected chi connectivity index (χ2v) is 8.79. The number of fused-ring (bicyclic) bond motifs is 3. The van der Waals surface area contributed by atoms with E-state index >= 15 is 0 Å². The number of pyridine rings is 1. The Balaban J connectivity index is 1.66. The Bertz CT molecular complexity index is 1220. The first-order valence-corrected chi connectivity index (χ1v) is 10.1. The van der Waals surface area contributed by atoms with Crippen molar-refractivity contribution in [2.45, 2.75) is 38.9 Å². The molecule has 0 radical (unpaired) electrons. The second kappa shape index (κ2) is 6.41. The Kier molecular flexibility index (Phi) is 4.06. The van der Waals surface area contributed by atoms with Crippen molar-refractivity contribution in [3.05, 3.63) is 73.1 Å². The topological polar surface area (TPSA) is 31.4 Å². The van der Waals surface area contributed by atoms with Crippen LogP contribution in [0.5, 0.6) is 0 Å². The van der Waals surface area contributed by atoms with Gasteiger partial charge in [0.2, 0.25) is 0 Å². The largest absolute Gasteiger partial charge is 0.496 e. The van der Waals surface area contributed by atoms with Crippen LogP contribution in [-0.2, 0) is 9.31 Å². The van der Waals surface area contributed by atoms with Crippen molar-refractivity contribution >= 4 is 34.1 Å². The van der Waals surface area contributed by atoms with Crippen molar-refractivity contribution in [2.24, 2.45) is 0 Å². The Labute approximate surface area is 171 Å². The van der Waals surface area contributed by atoms with Gasteiger partial charge in [-0.2, -0.15) is 0 Å². The van der Waals surface area contributed by atoms with E-state index in [1.807, 2.05) is 12.4 Å². The molecule has 0 N–H and O–H groups in total. The summed E-state index contributed by atoms with van der Waals surface area (Å²) in [6.07, 6.45) is 3.76. The van der Waals surface area contributed by atoms with E-state index in [9.17, 15) is 0 Å². The third-order valence-corrected chi connectivity index (χ3v) is 6.36. The summed E-state index contributed by atoms with van der Waals surface area (Å²) < 4.78 is 12.5. The molecule has 3 nitrogen and oxygen atoms in total. The van der Waals surface area contributed by atoms with Crippen LogP contribution in [0, 0.1) is 0 Å². The van der Waals surface area contributed by atoms with Crippen molar-refractivity contribution in [2.75, 3.05) is 0 Å². The molecule has 0 amide bonds. The molecule has 1 aliphatic heterocycles. The maximum atomic E-state index is 6.24. The van der Waals surface area contributed by atoms with Crippen molar-refractivity contribution in [3.8, 4) is 11.1 Å². The predicted octanol–water partition coefficient (Wildman–Crippen LogP) is 5.35. The summed E-state index contributed by atoms with van der Waals surface area (Å²) in [6.45, 7) is 8.28. The zero-order valence-corrected chi connectivity index (χ0v) is 17.3. The fraction of sp³-hybridized carbons (Fsp3) is 0.240. The summed E-state index contributed by atoms with van der Waals surface area (Å²) in [4.78, 5) is 4.53. The Morgan fingerprint density at radius 2 is 1.34 bits per heavy atom. The van der Waals surface area contributed by atoms with Crippen molar-refractivity contribution in [1.29, 1.82) is 0 Å². The molecule has 0 aliphatic carbocycles. The summed E-state index contributed by atoms with van der Waals surface area (Å²) in [5.41, 5.74) is 2.44. The molecular weight excluding hydrogens is 357 g/mol. The first-order valence-electron chi connectivity index (χ1n) is 10.1. The molecule has 1 fully saturated rings. The molecule has 1 aromatic heterocycles. The van der Waals surface area contributed by atoms with Crippen LogP contribution in [0.3, 0.4) is 0 Å².